The molecule has 0 amide bonds. The second-order valence-corrected chi connectivity index (χ2v) is 6.70. The Bertz CT molecular complexity index is 715. The molecule has 1 N–H and O–H groups in total. The number of nitrogens with zero attached hydrogens (tertiary/aromatic N) is 2. The van der Waals surface area contributed by atoms with Crippen molar-refractivity contribution in [3.05, 3.63) is 70.3 Å². The molecule has 1 atom stereocenters. The molecular weight excluding hydrogens is 332 g/mol. The van der Waals surface area contributed by atoms with Crippen molar-refractivity contribution in [2.75, 3.05) is 26.2 Å². The summed E-state index contributed by atoms with van der Waals surface area (Å²) in [5, 5.41) is 21.0. The second kappa shape index (κ2) is 8.78. The zero-order valence-electron chi connectivity index (χ0n) is 14.7. The third-order valence-corrected chi connectivity index (χ3v) is 4.80. The largest absolute Gasteiger partial charge is 0.491 e. The van der Waals surface area contributed by atoms with Gasteiger partial charge in [-0.1, -0.05) is 36.4 Å². The number of hydrogen-bond acceptors (Lipinski definition) is 5. The molecular formula is C20H24N2O4. The maximum atomic E-state index is 10.8. The molecule has 138 valence electrons. The van der Waals surface area contributed by atoms with E-state index < -0.39 is 11.0 Å². The van der Waals surface area contributed by atoms with Crippen LogP contribution in [0.1, 0.15) is 24.3 Å². The Kier molecular flexibility index (Phi) is 6.20. The van der Waals surface area contributed by atoms with Gasteiger partial charge in [0.15, 0.2) is 0 Å². The van der Waals surface area contributed by atoms with Crippen LogP contribution >= 0.6 is 0 Å². The molecule has 6 heteroatoms. The minimum atomic E-state index is -0.623. The van der Waals surface area contributed by atoms with Crippen molar-refractivity contribution in [1.29, 1.82) is 0 Å². The molecule has 1 saturated heterocycles. The number of non-ortho nitro benzene ring substituents is 1. The van der Waals surface area contributed by atoms with Crippen molar-refractivity contribution in [2.24, 2.45) is 0 Å². The van der Waals surface area contributed by atoms with E-state index in [0.29, 0.717) is 18.2 Å². The number of ether oxygens (including phenoxy) is 1. The molecule has 1 aliphatic rings. The molecule has 1 heterocycles. The maximum absolute atomic E-state index is 10.8. The predicted molar refractivity (Wildman–Crippen MR) is 99.5 cm³/mol. The summed E-state index contributed by atoms with van der Waals surface area (Å²) < 4.78 is 5.51. The lowest BCUT2D eigenvalue weighted by Gasteiger charge is -2.33. The van der Waals surface area contributed by atoms with E-state index in [2.05, 4.69) is 29.2 Å². The summed E-state index contributed by atoms with van der Waals surface area (Å²) in [6.45, 7) is 2.58. The van der Waals surface area contributed by atoms with Crippen LogP contribution in [-0.4, -0.2) is 47.3 Å². The zero-order valence-corrected chi connectivity index (χ0v) is 14.7. The van der Waals surface area contributed by atoms with Crippen LogP contribution in [0.3, 0.4) is 0 Å². The van der Waals surface area contributed by atoms with Crippen LogP contribution in [0.4, 0.5) is 5.69 Å². The Labute approximate surface area is 153 Å². The van der Waals surface area contributed by atoms with Gasteiger partial charge in [-0.3, -0.25) is 10.1 Å². The minimum absolute atomic E-state index is 0.0139. The van der Waals surface area contributed by atoms with E-state index in [9.17, 15) is 15.2 Å². The quantitative estimate of drug-likeness (QED) is 0.609. The van der Waals surface area contributed by atoms with Gasteiger partial charge >= 0.3 is 0 Å². The summed E-state index contributed by atoms with van der Waals surface area (Å²) in [5.74, 6) is 0.992. The monoisotopic (exact) mass is 356 g/mol. The molecule has 1 unspecified atom stereocenters. The van der Waals surface area contributed by atoms with Crippen LogP contribution in [-0.2, 0) is 0 Å². The predicted octanol–water partition coefficient (Wildman–Crippen LogP) is 3.21. The van der Waals surface area contributed by atoms with Crippen molar-refractivity contribution >= 4 is 5.69 Å². The van der Waals surface area contributed by atoms with Crippen LogP contribution in [0.5, 0.6) is 5.75 Å². The lowest BCUT2D eigenvalue weighted by Crippen LogP contribution is -2.40. The number of nitro groups is 1. The summed E-state index contributed by atoms with van der Waals surface area (Å²) in [4.78, 5) is 12.6. The molecule has 6 nitrogen and oxygen atoms in total. The lowest BCUT2D eigenvalue weighted by molar-refractivity contribution is -0.384. The van der Waals surface area contributed by atoms with E-state index in [1.807, 2.05) is 6.07 Å². The molecule has 0 spiro atoms. The van der Waals surface area contributed by atoms with Gasteiger partial charge in [-0.05, 0) is 43.5 Å². The first-order valence-electron chi connectivity index (χ1n) is 8.94. The molecule has 3 rings (SSSR count). The Morgan fingerprint density at radius 3 is 2.58 bits per heavy atom. The van der Waals surface area contributed by atoms with Crippen molar-refractivity contribution in [3.8, 4) is 5.75 Å². The summed E-state index contributed by atoms with van der Waals surface area (Å²) in [6, 6.07) is 16.6. The van der Waals surface area contributed by atoms with E-state index in [4.69, 9.17) is 4.74 Å². The van der Waals surface area contributed by atoms with Crippen molar-refractivity contribution < 1.29 is 14.8 Å². The number of hydrogen-bond donors (Lipinski definition) is 1. The summed E-state index contributed by atoms with van der Waals surface area (Å²) in [7, 11) is 0. The maximum Gasteiger partial charge on any atom is 0.273 e. The van der Waals surface area contributed by atoms with Crippen molar-refractivity contribution in [2.45, 2.75) is 24.9 Å². The molecule has 1 aliphatic heterocycles. The van der Waals surface area contributed by atoms with Gasteiger partial charge in [-0.15, -0.1) is 0 Å². The number of aliphatic hydroxyl groups is 1. The first-order chi connectivity index (χ1) is 12.6. The average molecular weight is 356 g/mol. The lowest BCUT2D eigenvalue weighted by atomic mass is 9.89. The highest BCUT2D eigenvalue weighted by molar-refractivity contribution is 5.37. The first kappa shape index (κ1) is 18.4. The molecule has 0 radical (unpaired) electrons. The highest BCUT2D eigenvalue weighted by Gasteiger charge is 2.22. The van der Waals surface area contributed by atoms with Gasteiger partial charge < -0.3 is 14.7 Å². The highest BCUT2D eigenvalue weighted by Crippen LogP contribution is 2.27. The number of nitro benzene ring substituents is 1. The fourth-order valence-corrected chi connectivity index (χ4v) is 3.40. The van der Waals surface area contributed by atoms with Gasteiger partial charge in [0.25, 0.3) is 5.69 Å². The highest BCUT2D eigenvalue weighted by atomic mass is 16.6. The number of aliphatic hydroxyl groups excluding tert-OH is 1. The molecule has 1 fully saturated rings. The normalized spacial score (nSPS) is 17.0. The number of β-amino-alcohol motifs (C(OH)–C–C–N with tert-alkyl or cyclic N) is 1. The smallest absolute Gasteiger partial charge is 0.273 e. The van der Waals surface area contributed by atoms with E-state index in [1.54, 1.807) is 12.1 Å². The Morgan fingerprint density at radius 1 is 1.15 bits per heavy atom. The van der Waals surface area contributed by atoms with Crippen LogP contribution in [0.25, 0.3) is 0 Å². The number of benzene rings is 2. The second-order valence-electron chi connectivity index (χ2n) is 6.70. The molecule has 0 saturated carbocycles. The number of likely N-dealkylation sites (tertiary alicyclic amines) is 1. The van der Waals surface area contributed by atoms with Crippen molar-refractivity contribution in [3.63, 3.8) is 0 Å². The van der Waals surface area contributed by atoms with E-state index in [1.165, 1.54) is 17.7 Å². The van der Waals surface area contributed by atoms with E-state index >= 15 is 0 Å². The molecule has 2 aromatic carbocycles. The number of rotatable bonds is 7. The number of piperidine rings is 1. The zero-order chi connectivity index (χ0) is 18.4. The molecule has 0 aromatic heterocycles. The van der Waals surface area contributed by atoms with Gasteiger partial charge in [-0.2, -0.15) is 0 Å². The van der Waals surface area contributed by atoms with Gasteiger partial charge in [0.2, 0.25) is 0 Å². The van der Waals surface area contributed by atoms with Gasteiger partial charge in [0, 0.05) is 12.6 Å². The van der Waals surface area contributed by atoms with E-state index in [0.717, 1.165) is 25.9 Å². The van der Waals surface area contributed by atoms with Crippen LogP contribution in [0.15, 0.2) is 54.6 Å². The standard InChI is InChI=1S/C20H24N2O4/c23-19(15-26-20-8-4-7-18(13-20)22(24)25)14-21-11-9-17(10-12-21)16-5-2-1-3-6-16/h1-8,13,17,19,23H,9-12,14-15H2. The Hall–Kier alpha value is -2.44. The fraction of sp³-hybridized carbons (Fsp3) is 0.400. The average Bonchev–Trinajstić information content (AvgIpc) is 2.68. The summed E-state index contributed by atoms with van der Waals surface area (Å²) in [5.41, 5.74) is 1.38. The SMILES string of the molecule is O=[N+]([O-])c1cccc(OCC(O)CN2CCC(c3ccccc3)CC2)c1. The summed E-state index contributed by atoms with van der Waals surface area (Å²) >= 11 is 0. The first-order valence-corrected chi connectivity index (χ1v) is 8.94. The van der Waals surface area contributed by atoms with Crippen molar-refractivity contribution in [1.82, 2.24) is 4.90 Å². The molecule has 2 aromatic rings. The minimum Gasteiger partial charge on any atom is -0.491 e. The fourth-order valence-electron chi connectivity index (χ4n) is 3.40. The Morgan fingerprint density at radius 2 is 1.88 bits per heavy atom. The third-order valence-electron chi connectivity index (χ3n) is 4.80. The Balaban J connectivity index is 1.42. The van der Waals surface area contributed by atoms with Crippen LogP contribution in [0, 0.1) is 10.1 Å². The van der Waals surface area contributed by atoms with E-state index in [-0.39, 0.29) is 12.3 Å². The summed E-state index contributed by atoms with van der Waals surface area (Å²) in [6.07, 6.45) is 1.55. The topological polar surface area (TPSA) is 75.8 Å². The van der Waals surface area contributed by atoms with Gasteiger partial charge in [-0.25, -0.2) is 0 Å². The van der Waals surface area contributed by atoms with Gasteiger partial charge in [0.1, 0.15) is 18.5 Å². The van der Waals surface area contributed by atoms with Gasteiger partial charge in [0.05, 0.1) is 11.0 Å². The molecule has 26 heavy (non-hydrogen) atoms. The molecule has 0 bridgehead atoms. The molecule has 0 aliphatic carbocycles. The van der Waals surface area contributed by atoms with Crippen LogP contribution in [0.2, 0.25) is 0 Å². The van der Waals surface area contributed by atoms with Crippen LogP contribution < -0.4 is 4.74 Å². The third kappa shape index (κ3) is 5.03.